The summed E-state index contributed by atoms with van der Waals surface area (Å²) in [7, 11) is 0. The Morgan fingerprint density at radius 3 is 2.69 bits per heavy atom. The van der Waals surface area contributed by atoms with Gasteiger partial charge in [-0.3, -0.25) is 0 Å². The molecule has 0 aliphatic heterocycles. The van der Waals surface area contributed by atoms with E-state index in [-0.39, 0.29) is 41.9 Å². The molecule has 64 valence electrons. The molecular weight excluding hydrogens is 220 g/mol. The number of hydrogen-bond acceptors (Lipinski definition) is 1. The summed E-state index contributed by atoms with van der Waals surface area (Å²) in [6.07, 6.45) is 0. The van der Waals surface area contributed by atoms with Gasteiger partial charge < -0.3 is 11.5 Å². The molecule has 1 heterocycles. The molecule has 0 bridgehead atoms. The Bertz CT molecular complexity index is 446. The Kier molecular flexibility index (Phi) is 3.55. The van der Waals surface area contributed by atoms with Crippen molar-refractivity contribution in [2.75, 3.05) is 0 Å². The van der Waals surface area contributed by atoms with Gasteiger partial charge >= 0.3 is 29.6 Å². The van der Waals surface area contributed by atoms with E-state index in [1.807, 2.05) is 0 Å². The maximum Gasteiger partial charge on any atom is 1.00 e. The van der Waals surface area contributed by atoms with Crippen molar-refractivity contribution in [2.45, 2.75) is 0 Å². The van der Waals surface area contributed by atoms with Crippen molar-refractivity contribution in [3.63, 3.8) is 0 Å². The smallest absolute Gasteiger partial charge is 1.00 e. The molecule has 0 radical (unpaired) electrons. The van der Waals surface area contributed by atoms with Gasteiger partial charge in [0.05, 0.1) is 5.52 Å². The fourth-order valence-electron chi connectivity index (χ4n) is 1.12. The molecule has 1 aromatic heterocycles. The number of aromatic hydroxyl groups is 1. The van der Waals surface area contributed by atoms with Crippen LogP contribution in [0.25, 0.3) is 10.9 Å². The minimum atomic E-state index is 0. The number of aromatic nitrogens is 1. The van der Waals surface area contributed by atoms with Crippen molar-refractivity contribution < 1.29 is 36.1 Å². The van der Waals surface area contributed by atoms with Crippen LogP contribution in [0.15, 0.2) is 18.2 Å². The van der Waals surface area contributed by atoms with Gasteiger partial charge in [-0.1, -0.05) is 23.2 Å². The van der Waals surface area contributed by atoms with Gasteiger partial charge in [-0.2, -0.15) is 0 Å². The van der Waals surface area contributed by atoms with E-state index in [9.17, 15) is 5.11 Å². The summed E-state index contributed by atoms with van der Waals surface area (Å²) in [6, 6.07) is 5.13. The number of aromatic amines is 1. The first-order valence-electron chi connectivity index (χ1n) is 3.34. The molecule has 0 atom stereocenters. The maximum atomic E-state index is 9.38. The minimum absolute atomic E-state index is 0. The average Bonchev–Trinajstić information content (AvgIpc) is 2.28. The van der Waals surface area contributed by atoms with Crippen molar-refractivity contribution in [1.82, 2.24) is 4.98 Å². The third-order valence-electron chi connectivity index (χ3n) is 1.69. The first kappa shape index (κ1) is 11.2. The summed E-state index contributed by atoms with van der Waals surface area (Å²) in [5.74, 6) is 0.0725. The molecular formula is C8H6Cl2NNaO. The summed E-state index contributed by atoms with van der Waals surface area (Å²) >= 11 is 11.4. The van der Waals surface area contributed by atoms with Crippen LogP contribution in [-0.4, -0.2) is 10.1 Å². The number of hydrogen-bond donors (Lipinski definition) is 2. The third-order valence-corrected chi connectivity index (χ3v) is 2.20. The zero-order valence-electron chi connectivity index (χ0n) is 7.94. The van der Waals surface area contributed by atoms with Gasteiger partial charge in [0.15, 0.2) is 5.75 Å². The topological polar surface area (TPSA) is 36.0 Å². The van der Waals surface area contributed by atoms with Crippen LogP contribution in [0.3, 0.4) is 0 Å². The SMILES string of the molecule is Oc1c(Cl)[nH]c2cc(Cl)ccc12.[H-].[Na+]. The van der Waals surface area contributed by atoms with Gasteiger partial charge in [-0.15, -0.1) is 0 Å². The molecule has 2 N–H and O–H groups in total. The van der Waals surface area contributed by atoms with E-state index in [2.05, 4.69) is 4.98 Å². The fraction of sp³-hybridized carbons (Fsp3) is 0. The predicted molar refractivity (Wildman–Crippen MR) is 51.1 cm³/mol. The molecule has 1 aromatic carbocycles. The van der Waals surface area contributed by atoms with Crippen LogP contribution in [0, 0.1) is 0 Å². The normalized spacial score (nSPS) is 10.0. The van der Waals surface area contributed by atoms with Crippen LogP contribution in [0.4, 0.5) is 0 Å². The molecule has 0 amide bonds. The maximum absolute atomic E-state index is 9.38. The third kappa shape index (κ3) is 1.97. The van der Waals surface area contributed by atoms with E-state index in [1.165, 1.54) is 0 Å². The molecule has 2 rings (SSSR count). The van der Waals surface area contributed by atoms with Crippen LogP contribution >= 0.6 is 23.2 Å². The monoisotopic (exact) mass is 225 g/mol. The van der Waals surface area contributed by atoms with Crippen LogP contribution in [-0.2, 0) is 0 Å². The second-order valence-electron chi connectivity index (χ2n) is 2.48. The van der Waals surface area contributed by atoms with E-state index < -0.39 is 0 Å². The van der Waals surface area contributed by atoms with Crippen LogP contribution in [0.2, 0.25) is 10.2 Å². The largest absolute Gasteiger partial charge is 1.00 e. The summed E-state index contributed by atoms with van der Waals surface area (Å²) in [5.41, 5.74) is 0.741. The van der Waals surface area contributed by atoms with Gasteiger partial charge in [-0.25, -0.2) is 0 Å². The summed E-state index contributed by atoms with van der Waals surface area (Å²) < 4.78 is 0. The van der Waals surface area contributed by atoms with Crippen molar-refractivity contribution in [1.29, 1.82) is 0 Å². The Labute approximate surface area is 109 Å². The zero-order chi connectivity index (χ0) is 8.72. The van der Waals surface area contributed by atoms with Crippen molar-refractivity contribution in [3.05, 3.63) is 28.4 Å². The quantitative estimate of drug-likeness (QED) is 0.622. The molecule has 0 fully saturated rings. The molecule has 13 heavy (non-hydrogen) atoms. The van der Waals surface area contributed by atoms with Crippen molar-refractivity contribution >= 4 is 34.1 Å². The first-order valence-corrected chi connectivity index (χ1v) is 4.10. The molecule has 0 aliphatic rings. The van der Waals surface area contributed by atoms with Crippen LogP contribution in [0.5, 0.6) is 5.75 Å². The summed E-state index contributed by atoms with van der Waals surface area (Å²) in [4.78, 5) is 2.80. The van der Waals surface area contributed by atoms with Gasteiger partial charge in [0.2, 0.25) is 0 Å². The van der Waals surface area contributed by atoms with Crippen molar-refractivity contribution in [3.8, 4) is 5.75 Å². The molecule has 0 unspecified atom stereocenters. The molecule has 0 saturated carbocycles. The Morgan fingerprint density at radius 2 is 2.00 bits per heavy atom. The van der Waals surface area contributed by atoms with Gasteiger partial charge in [-0.05, 0) is 18.2 Å². The number of nitrogens with one attached hydrogen (secondary N) is 1. The van der Waals surface area contributed by atoms with Gasteiger partial charge in [0.25, 0.3) is 0 Å². The first-order chi connectivity index (χ1) is 5.68. The second kappa shape index (κ2) is 4.11. The van der Waals surface area contributed by atoms with E-state index >= 15 is 0 Å². The molecule has 0 aliphatic carbocycles. The number of rotatable bonds is 0. The van der Waals surface area contributed by atoms with E-state index in [0.29, 0.717) is 10.4 Å². The van der Waals surface area contributed by atoms with E-state index in [1.54, 1.807) is 18.2 Å². The average molecular weight is 226 g/mol. The number of H-pyrrole nitrogens is 1. The Morgan fingerprint density at radius 1 is 1.31 bits per heavy atom. The number of benzene rings is 1. The number of fused-ring (bicyclic) bond motifs is 1. The Hall–Kier alpha value is 0.140. The molecule has 2 nitrogen and oxygen atoms in total. The predicted octanol–water partition coefficient (Wildman–Crippen LogP) is 0.297. The zero-order valence-corrected chi connectivity index (χ0v) is 10.4. The van der Waals surface area contributed by atoms with E-state index in [4.69, 9.17) is 23.2 Å². The van der Waals surface area contributed by atoms with Crippen LogP contribution in [0.1, 0.15) is 1.43 Å². The number of halogens is 2. The molecule has 0 saturated heterocycles. The van der Waals surface area contributed by atoms with Crippen LogP contribution < -0.4 is 29.6 Å². The Balaban J connectivity index is 0.000000845. The minimum Gasteiger partial charge on any atom is -1.00 e. The van der Waals surface area contributed by atoms with E-state index in [0.717, 1.165) is 5.52 Å². The standard InChI is InChI=1S/C8H5Cl2NO.Na.H/c9-4-1-2-5-6(3-4)11-8(10)7(5)12;;/h1-3,11-12H;;/q;+1;-1. The molecule has 2 aromatic rings. The molecule has 0 spiro atoms. The molecule has 5 heteroatoms. The fourth-order valence-corrected chi connectivity index (χ4v) is 1.50. The summed E-state index contributed by atoms with van der Waals surface area (Å²) in [6.45, 7) is 0. The van der Waals surface area contributed by atoms with Crippen molar-refractivity contribution in [2.24, 2.45) is 0 Å². The second-order valence-corrected chi connectivity index (χ2v) is 3.29. The summed E-state index contributed by atoms with van der Waals surface area (Å²) in [5, 5.41) is 10.9. The van der Waals surface area contributed by atoms with Gasteiger partial charge in [0.1, 0.15) is 5.15 Å². The van der Waals surface area contributed by atoms with Gasteiger partial charge in [0, 0.05) is 10.4 Å².